The van der Waals surface area contributed by atoms with Gasteiger partial charge in [0.15, 0.2) is 6.10 Å². The van der Waals surface area contributed by atoms with E-state index >= 15 is 0 Å². The van der Waals surface area contributed by atoms with Crippen LogP contribution in [-0.4, -0.2) is 25.2 Å². The van der Waals surface area contributed by atoms with Crippen LogP contribution in [0.25, 0.3) is 0 Å². The van der Waals surface area contributed by atoms with E-state index in [9.17, 15) is 4.79 Å². The molecule has 0 bridgehead atoms. The molecule has 128 valence electrons. The summed E-state index contributed by atoms with van der Waals surface area (Å²) in [6.07, 6.45) is 0.112. The molecule has 0 aromatic heterocycles. The summed E-state index contributed by atoms with van der Waals surface area (Å²) in [5.74, 6) is 1.44. The van der Waals surface area contributed by atoms with Gasteiger partial charge in [-0.15, -0.1) is 0 Å². The van der Waals surface area contributed by atoms with Crippen molar-refractivity contribution in [2.75, 3.05) is 13.2 Å². The predicted molar refractivity (Wildman–Crippen MR) is 95.6 cm³/mol. The van der Waals surface area contributed by atoms with Crippen molar-refractivity contribution >= 4 is 5.91 Å². The zero-order valence-corrected chi connectivity index (χ0v) is 14.5. The van der Waals surface area contributed by atoms with Gasteiger partial charge in [0.1, 0.15) is 18.1 Å². The highest BCUT2D eigenvalue weighted by Crippen LogP contribution is 2.22. The second-order valence-corrected chi connectivity index (χ2v) is 5.67. The van der Waals surface area contributed by atoms with Crippen LogP contribution in [-0.2, 0) is 4.79 Å². The van der Waals surface area contributed by atoms with E-state index in [0.717, 1.165) is 22.6 Å². The molecule has 1 amide bonds. The minimum absolute atomic E-state index is 0.116. The normalized spacial score (nSPS) is 11.6. The van der Waals surface area contributed by atoms with Gasteiger partial charge in [-0.25, -0.2) is 0 Å². The van der Waals surface area contributed by atoms with Gasteiger partial charge in [0, 0.05) is 0 Å². The molecule has 0 saturated carbocycles. The number of para-hydroxylation sites is 1. The molecule has 2 aromatic rings. The first-order valence-corrected chi connectivity index (χ1v) is 8.30. The van der Waals surface area contributed by atoms with Crippen LogP contribution in [0.3, 0.4) is 0 Å². The number of rotatable bonds is 8. The van der Waals surface area contributed by atoms with Crippen molar-refractivity contribution in [2.45, 2.75) is 33.3 Å². The van der Waals surface area contributed by atoms with Crippen molar-refractivity contribution in [3.8, 4) is 11.5 Å². The molecule has 0 saturated heterocycles. The third-order valence-electron chi connectivity index (χ3n) is 3.90. The van der Waals surface area contributed by atoms with Gasteiger partial charge in [-0.05, 0) is 49.6 Å². The molecule has 0 aliphatic heterocycles. The zero-order valence-electron chi connectivity index (χ0n) is 14.5. The minimum Gasteiger partial charge on any atom is -0.492 e. The molecule has 0 heterocycles. The van der Waals surface area contributed by atoms with Crippen molar-refractivity contribution in [1.82, 2.24) is 5.32 Å². The molecule has 2 aromatic carbocycles. The second kappa shape index (κ2) is 8.96. The summed E-state index contributed by atoms with van der Waals surface area (Å²) in [6, 6.07) is 15.4. The van der Waals surface area contributed by atoms with Gasteiger partial charge in [-0.1, -0.05) is 37.3 Å². The molecule has 0 fully saturated rings. The van der Waals surface area contributed by atoms with E-state index in [-0.39, 0.29) is 5.91 Å². The van der Waals surface area contributed by atoms with Crippen molar-refractivity contribution in [3.05, 3.63) is 59.7 Å². The molecule has 1 atom stereocenters. The van der Waals surface area contributed by atoms with E-state index in [4.69, 9.17) is 9.47 Å². The standard InChI is InChI=1S/C20H25NO3/c1-4-18(24-19-12-8-9-15(2)16(19)3)20(22)21-13-14-23-17-10-6-5-7-11-17/h5-12,18H,4,13-14H2,1-3H3,(H,21,22). The van der Waals surface area contributed by atoms with Crippen molar-refractivity contribution in [1.29, 1.82) is 0 Å². The molecular weight excluding hydrogens is 302 g/mol. The van der Waals surface area contributed by atoms with Gasteiger partial charge < -0.3 is 14.8 Å². The maximum absolute atomic E-state index is 12.3. The highest BCUT2D eigenvalue weighted by molar-refractivity contribution is 5.81. The number of aryl methyl sites for hydroxylation is 1. The van der Waals surface area contributed by atoms with Crippen LogP contribution in [0.1, 0.15) is 24.5 Å². The fraction of sp³-hybridized carbons (Fsp3) is 0.350. The van der Waals surface area contributed by atoms with Crippen LogP contribution < -0.4 is 14.8 Å². The second-order valence-electron chi connectivity index (χ2n) is 5.67. The summed E-state index contributed by atoms with van der Waals surface area (Å²) in [6.45, 7) is 6.85. The van der Waals surface area contributed by atoms with Gasteiger partial charge in [0.05, 0.1) is 6.54 Å². The molecule has 1 unspecified atom stereocenters. The number of hydrogen-bond acceptors (Lipinski definition) is 3. The molecule has 4 nitrogen and oxygen atoms in total. The molecule has 0 spiro atoms. The van der Waals surface area contributed by atoms with Crippen LogP contribution in [0.15, 0.2) is 48.5 Å². The summed E-state index contributed by atoms with van der Waals surface area (Å²) in [5, 5.41) is 2.87. The molecule has 1 N–H and O–H groups in total. The van der Waals surface area contributed by atoms with E-state index in [0.29, 0.717) is 19.6 Å². The first-order valence-electron chi connectivity index (χ1n) is 8.30. The third-order valence-corrected chi connectivity index (χ3v) is 3.90. The Morgan fingerprint density at radius 2 is 1.83 bits per heavy atom. The number of hydrogen-bond donors (Lipinski definition) is 1. The Hall–Kier alpha value is -2.49. The number of carbonyl (C=O) groups excluding carboxylic acids is 1. The molecule has 2 rings (SSSR count). The zero-order chi connectivity index (χ0) is 17.4. The van der Waals surface area contributed by atoms with Crippen molar-refractivity contribution < 1.29 is 14.3 Å². The number of ether oxygens (including phenoxy) is 2. The van der Waals surface area contributed by atoms with Crippen molar-refractivity contribution in [2.24, 2.45) is 0 Å². The lowest BCUT2D eigenvalue weighted by atomic mass is 10.1. The maximum atomic E-state index is 12.3. The van der Waals surface area contributed by atoms with Gasteiger partial charge >= 0.3 is 0 Å². The van der Waals surface area contributed by atoms with Gasteiger partial charge in [-0.2, -0.15) is 0 Å². The highest BCUT2D eigenvalue weighted by Gasteiger charge is 2.19. The van der Waals surface area contributed by atoms with Crippen LogP contribution in [0, 0.1) is 13.8 Å². The lowest BCUT2D eigenvalue weighted by molar-refractivity contribution is -0.128. The first kappa shape index (κ1) is 17.9. The van der Waals surface area contributed by atoms with E-state index in [1.807, 2.05) is 69.3 Å². The van der Waals surface area contributed by atoms with E-state index in [1.54, 1.807) is 0 Å². The minimum atomic E-state index is -0.498. The van der Waals surface area contributed by atoms with E-state index in [2.05, 4.69) is 5.32 Å². The summed E-state index contributed by atoms with van der Waals surface area (Å²) in [7, 11) is 0. The van der Waals surface area contributed by atoms with Gasteiger partial charge in [0.25, 0.3) is 5.91 Å². The summed E-state index contributed by atoms with van der Waals surface area (Å²) >= 11 is 0. The Kier molecular flexibility index (Phi) is 6.67. The number of benzene rings is 2. The average Bonchev–Trinajstić information content (AvgIpc) is 2.60. The Morgan fingerprint density at radius 3 is 2.54 bits per heavy atom. The lowest BCUT2D eigenvalue weighted by Gasteiger charge is -2.19. The Labute approximate surface area is 143 Å². The molecule has 0 aliphatic rings. The Bertz CT molecular complexity index is 655. The summed E-state index contributed by atoms with van der Waals surface area (Å²) in [5.41, 5.74) is 2.22. The summed E-state index contributed by atoms with van der Waals surface area (Å²) < 4.78 is 11.5. The monoisotopic (exact) mass is 327 g/mol. The predicted octanol–water partition coefficient (Wildman–Crippen LogP) is 3.66. The fourth-order valence-corrected chi connectivity index (χ4v) is 2.30. The largest absolute Gasteiger partial charge is 0.492 e. The third kappa shape index (κ3) is 5.01. The first-order chi connectivity index (χ1) is 11.6. The highest BCUT2D eigenvalue weighted by atomic mass is 16.5. The maximum Gasteiger partial charge on any atom is 0.261 e. The molecule has 4 heteroatoms. The summed E-state index contributed by atoms with van der Waals surface area (Å²) in [4.78, 5) is 12.3. The Morgan fingerprint density at radius 1 is 1.08 bits per heavy atom. The number of carbonyl (C=O) groups is 1. The van der Waals surface area contributed by atoms with Crippen LogP contribution in [0.2, 0.25) is 0 Å². The molecule has 24 heavy (non-hydrogen) atoms. The van der Waals surface area contributed by atoms with Crippen LogP contribution in [0.5, 0.6) is 11.5 Å². The SMILES string of the molecule is CCC(Oc1cccc(C)c1C)C(=O)NCCOc1ccccc1. The lowest BCUT2D eigenvalue weighted by Crippen LogP contribution is -2.39. The van der Waals surface area contributed by atoms with Gasteiger partial charge in [-0.3, -0.25) is 4.79 Å². The number of amides is 1. The smallest absolute Gasteiger partial charge is 0.261 e. The Balaban J connectivity index is 1.82. The van der Waals surface area contributed by atoms with Crippen LogP contribution >= 0.6 is 0 Å². The van der Waals surface area contributed by atoms with Crippen molar-refractivity contribution in [3.63, 3.8) is 0 Å². The van der Waals surface area contributed by atoms with Gasteiger partial charge in [0.2, 0.25) is 0 Å². The fourth-order valence-electron chi connectivity index (χ4n) is 2.30. The average molecular weight is 327 g/mol. The van der Waals surface area contributed by atoms with E-state index < -0.39 is 6.10 Å². The molecular formula is C20H25NO3. The number of nitrogens with one attached hydrogen (secondary N) is 1. The quantitative estimate of drug-likeness (QED) is 0.753. The van der Waals surface area contributed by atoms with E-state index in [1.165, 1.54) is 0 Å². The molecule has 0 radical (unpaired) electrons. The molecule has 0 aliphatic carbocycles. The van der Waals surface area contributed by atoms with Crippen LogP contribution in [0.4, 0.5) is 0 Å². The topological polar surface area (TPSA) is 47.6 Å².